The van der Waals surface area contributed by atoms with Crippen LogP contribution in [0.5, 0.6) is 0 Å². The van der Waals surface area contributed by atoms with Gasteiger partial charge in [-0.1, -0.05) is 12.1 Å². The van der Waals surface area contributed by atoms with Crippen LogP contribution in [0.2, 0.25) is 0 Å². The van der Waals surface area contributed by atoms with E-state index < -0.39 is 15.9 Å². The molecule has 0 aliphatic carbocycles. The molecule has 1 rings (SSSR count). The van der Waals surface area contributed by atoms with Gasteiger partial charge >= 0.3 is 0 Å². The van der Waals surface area contributed by atoms with E-state index in [0.29, 0.717) is 5.56 Å². The minimum absolute atomic E-state index is 0.229. The van der Waals surface area contributed by atoms with Crippen molar-refractivity contribution < 1.29 is 13.5 Å². The largest absolute Gasteiger partial charge is 0.387 e. The molecule has 78 valence electrons. The van der Waals surface area contributed by atoms with Crippen LogP contribution in [0.15, 0.2) is 24.3 Å². The second kappa shape index (κ2) is 4.59. The normalized spacial score (nSPS) is 13.9. The summed E-state index contributed by atoms with van der Waals surface area (Å²) in [6.45, 7) is 0. The lowest BCUT2D eigenvalue weighted by Crippen LogP contribution is -2.12. The highest BCUT2D eigenvalue weighted by molar-refractivity contribution is 14.1. The molecular weight excluding hydrogens is 315 g/mol. The van der Waals surface area contributed by atoms with Gasteiger partial charge in [0.25, 0.3) is 0 Å². The van der Waals surface area contributed by atoms with Gasteiger partial charge in [0.1, 0.15) is 9.84 Å². The van der Waals surface area contributed by atoms with Crippen LogP contribution < -0.4 is 0 Å². The van der Waals surface area contributed by atoms with Crippen LogP contribution in [-0.2, 0) is 9.84 Å². The van der Waals surface area contributed by atoms with Gasteiger partial charge in [0, 0.05) is 9.83 Å². The summed E-state index contributed by atoms with van der Waals surface area (Å²) in [4.78, 5) is 0. The first kappa shape index (κ1) is 11.9. The average molecular weight is 326 g/mol. The first-order valence-corrected chi connectivity index (χ1v) is 7.13. The molecule has 0 heterocycles. The quantitative estimate of drug-likeness (QED) is 0.854. The van der Waals surface area contributed by atoms with E-state index in [1.54, 1.807) is 12.1 Å². The van der Waals surface area contributed by atoms with Gasteiger partial charge in [-0.3, -0.25) is 0 Å². The monoisotopic (exact) mass is 326 g/mol. The Bertz CT molecular complexity index is 397. The number of halogens is 1. The molecule has 0 saturated carbocycles. The van der Waals surface area contributed by atoms with Crippen LogP contribution in [0, 0.1) is 3.57 Å². The molecule has 1 unspecified atom stereocenters. The van der Waals surface area contributed by atoms with Crippen molar-refractivity contribution in [2.24, 2.45) is 0 Å². The average Bonchev–Trinajstić information content (AvgIpc) is 2.02. The van der Waals surface area contributed by atoms with Crippen molar-refractivity contribution in [1.82, 2.24) is 0 Å². The highest BCUT2D eigenvalue weighted by atomic mass is 127. The molecule has 0 spiro atoms. The lowest BCUT2D eigenvalue weighted by atomic mass is 10.1. The van der Waals surface area contributed by atoms with Crippen LogP contribution in [0.3, 0.4) is 0 Å². The van der Waals surface area contributed by atoms with Crippen molar-refractivity contribution in [2.75, 3.05) is 12.0 Å². The van der Waals surface area contributed by atoms with E-state index in [9.17, 15) is 13.5 Å². The number of hydrogen-bond acceptors (Lipinski definition) is 3. The van der Waals surface area contributed by atoms with E-state index in [2.05, 4.69) is 22.6 Å². The standard InChI is InChI=1S/C9H11IO3S/c1-14(12,13)6-9(11)7-2-4-8(10)5-3-7/h2-5,9,11H,6H2,1H3. The topological polar surface area (TPSA) is 54.4 Å². The molecular formula is C9H11IO3S. The summed E-state index contributed by atoms with van der Waals surface area (Å²) in [6.07, 6.45) is 0.185. The molecule has 0 radical (unpaired) electrons. The van der Waals surface area contributed by atoms with E-state index >= 15 is 0 Å². The lowest BCUT2D eigenvalue weighted by molar-refractivity contribution is 0.202. The number of aliphatic hydroxyl groups is 1. The maximum atomic E-state index is 10.9. The van der Waals surface area contributed by atoms with E-state index in [1.165, 1.54) is 0 Å². The lowest BCUT2D eigenvalue weighted by Gasteiger charge is -2.09. The van der Waals surface area contributed by atoms with Crippen LogP contribution in [-0.4, -0.2) is 25.5 Å². The summed E-state index contributed by atoms with van der Waals surface area (Å²) < 4.78 is 22.9. The Morgan fingerprint density at radius 2 is 1.86 bits per heavy atom. The SMILES string of the molecule is CS(=O)(=O)CC(O)c1ccc(I)cc1. The molecule has 0 aliphatic rings. The number of hydrogen-bond donors (Lipinski definition) is 1. The molecule has 0 aromatic heterocycles. The van der Waals surface area contributed by atoms with Crippen molar-refractivity contribution in [1.29, 1.82) is 0 Å². The fourth-order valence-corrected chi connectivity index (χ4v) is 2.19. The third-order valence-corrected chi connectivity index (χ3v) is 3.36. The molecule has 1 aromatic carbocycles. The Labute approximate surface area is 97.2 Å². The number of aliphatic hydroxyl groups excluding tert-OH is 1. The number of sulfone groups is 1. The molecule has 1 aromatic rings. The van der Waals surface area contributed by atoms with E-state index in [-0.39, 0.29) is 5.75 Å². The summed E-state index contributed by atoms with van der Waals surface area (Å²) >= 11 is 2.15. The van der Waals surface area contributed by atoms with Crippen molar-refractivity contribution in [3.63, 3.8) is 0 Å². The zero-order valence-electron chi connectivity index (χ0n) is 7.64. The molecule has 0 saturated heterocycles. The predicted molar refractivity (Wildman–Crippen MR) is 63.8 cm³/mol. The maximum Gasteiger partial charge on any atom is 0.150 e. The first-order chi connectivity index (χ1) is 6.38. The molecule has 0 fully saturated rings. The molecule has 0 amide bonds. The maximum absolute atomic E-state index is 10.9. The highest BCUT2D eigenvalue weighted by Crippen LogP contribution is 2.16. The Morgan fingerprint density at radius 1 is 1.36 bits per heavy atom. The highest BCUT2D eigenvalue weighted by Gasteiger charge is 2.13. The van der Waals surface area contributed by atoms with Gasteiger partial charge in [-0.05, 0) is 40.3 Å². The molecule has 1 atom stereocenters. The summed E-state index contributed by atoms with van der Waals surface area (Å²) in [7, 11) is -3.13. The van der Waals surface area contributed by atoms with Crippen LogP contribution in [0.25, 0.3) is 0 Å². The molecule has 0 aliphatic heterocycles. The molecule has 5 heteroatoms. The molecule has 14 heavy (non-hydrogen) atoms. The fraction of sp³-hybridized carbons (Fsp3) is 0.333. The number of benzene rings is 1. The summed E-state index contributed by atoms with van der Waals surface area (Å²) in [5, 5.41) is 9.57. The molecule has 1 N–H and O–H groups in total. The summed E-state index contributed by atoms with van der Waals surface area (Å²) in [5.74, 6) is -0.229. The minimum atomic E-state index is -3.13. The number of rotatable bonds is 3. The van der Waals surface area contributed by atoms with Crippen LogP contribution in [0.4, 0.5) is 0 Å². The van der Waals surface area contributed by atoms with Crippen LogP contribution >= 0.6 is 22.6 Å². The van der Waals surface area contributed by atoms with Gasteiger partial charge in [0.15, 0.2) is 0 Å². The minimum Gasteiger partial charge on any atom is -0.387 e. The van der Waals surface area contributed by atoms with Gasteiger partial charge in [-0.15, -0.1) is 0 Å². The predicted octanol–water partition coefficient (Wildman–Crippen LogP) is 1.37. The van der Waals surface area contributed by atoms with Gasteiger partial charge in [-0.25, -0.2) is 8.42 Å². The summed E-state index contributed by atoms with van der Waals surface area (Å²) in [5.41, 5.74) is 0.635. The Balaban J connectivity index is 2.80. The first-order valence-electron chi connectivity index (χ1n) is 4.00. The fourth-order valence-electron chi connectivity index (χ4n) is 1.07. The zero-order chi connectivity index (χ0) is 10.8. The van der Waals surface area contributed by atoms with Crippen molar-refractivity contribution in [3.8, 4) is 0 Å². The van der Waals surface area contributed by atoms with Crippen molar-refractivity contribution in [2.45, 2.75) is 6.10 Å². The Kier molecular flexibility index (Phi) is 3.91. The van der Waals surface area contributed by atoms with E-state index in [4.69, 9.17) is 0 Å². The second-order valence-corrected chi connectivity index (χ2v) is 6.59. The zero-order valence-corrected chi connectivity index (χ0v) is 10.6. The Hall–Kier alpha value is -0.140. The smallest absolute Gasteiger partial charge is 0.150 e. The third-order valence-electron chi connectivity index (χ3n) is 1.72. The van der Waals surface area contributed by atoms with Gasteiger partial charge < -0.3 is 5.11 Å². The van der Waals surface area contributed by atoms with E-state index in [1.807, 2.05) is 12.1 Å². The molecule has 0 bridgehead atoms. The van der Waals surface area contributed by atoms with Gasteiger partial charge in [0.05, 0.1) is 11.9 Å². The van der Waals surface area contributed by atoms with Crippen LogP contribution in [0.1, 0.15) is 11.7 Å². The van der Waals surface area contributed by atoms with E-state index in [0.717, 1.165) is 9.83 Å². The van der Waals surface area contributed by atoms with Gasteiger partial charge in [0.2, 0.25) is 0 Å². The molecule has 3 nitrogen and oxygen atoms in total. The van der Waals surface area contributed by atoms with Crippen molar-refractivity contribution in [3.05, 3.63) is 33.4 Å². The Morgan fingerprint density at radius 3 is 2.29 bits per heavy atom. The van der Waals surface area contributed by atoms with Gasteiger partial charge in [-0.2, -0.15) is 0 Å². The third kappa shape index (κ3) is 3.93. The second-order valence-electron chi connectivity index (χ2n) is 3.16. The van der Waals surface area contributed by atoms with Crippen molar-refractivity contribution >= 4 is 32.4 Å². The summed E-state index contributed by atoms with van der Waals surface area (Å²) in [6, 6.07) is 7.14.